The number of hydrogen-bond acceptors (Lipinski definition) is 7. The Morgan fingerprint density at radius 1 is 1.14 bits per heavy atom. The molecule has 1 unspecified atom stereocenters. The summed E-state index contributed by atoms with van der Waals surface area (Å²) in [6.45, 7) is 11.9. The van der Waals surface area contributed by atoms with Crippen LogP contribution in [0.25, 0.3) is 11.0 Å². The first kappa shape index (κ1) is 24.0. The average molecular weight is 482 g/mol. The molecule has 7 nitrogen and oxygen atoms in total. The summed E-state index contributed by atoms with van der Waals surface area (Å²) in [5.74, 6) is 2.29. The Morgan fingerprint density at radius 3 is 2.83 bits per heavy atom. The van der Waals surface area contributed by atoms with Crippen molar-refractivity contribution in [3.63, 3.8) is 0 Å². The predicted molar refractivity (Wildman–Crippen MR) is 135 cm³/mol. The van der Waals surface area contributed by atoms with Crippen molar-refractivity contribution in [2.24, 2.45) is 11.8 Å². The quantitative estimate of drug-likeness (QED) is 0.509. The molecule has 0 radical (unpaired) electrons. The van der Waals surface area contributed by atoms with Gasteiger partial charge in [0, 0.05) is 63.0 Å². The molecule has 188 valence electrons. The number of hydrogen-bond donors (Lipinski definition) is 1. The predicted octanol–water partition coefficient (Wildman–Crippen LogP) is 4.48. The van der Waals surface area contributed by atoms with Crippen LogP contribution in [0.4, 0.5) is 10.2 Å². The SMILES string of the molecule is CC(C)C(C)NCc1ccc(OC[C@@H]2CC[C@@H]3CN(c4noc5ccc(F)cc45)CCN3C2)nc1. The number of halogens is 1. The van der Waals surface area contributed by atoms with Gasteiger partial charge in [0.2, 0.25) is 5.88 Å². The van der Waals surface area contributed by atoms with E-state index < -0.39 is 0 Å². The number of piperidine rings is 1. The fraction of sp³-hybridized carbons (Fsp3) is 0.556. The molecule has 0 amide bonds. The van der Waals surface area contributed by atoms with Crippen molar-refractivity contribution in [3.8, 4) is 5.88 Å². The first-order chi connectivity index (χ1) is 17.0. The third kappa shape index (κ3) is 5.59. The fourth-order valence-electron chi connectivity index (χ4n) is 5.03. The van der Waals surface area contributed by atoms with Crippen molar-refractivity contribution in [2.75, 3.05) is 37.7 Å². The molecule has 2 aromatic heterocycles. The highest BCUT2D eigenvalue weighted by atomic mass is 19.1. The van der Waals surface area contributed by atoms with Crippen LogP contribution in [0.2, 0.25) is 0 Å². The minimum absolute atomic E-state index is 0.261. The number of rotatable bonds is 8. The van der Waals surface area contributed by atoms with Crippen molar-refractivity contribution in [2.45, 2.75) is 52.2 Å². The van der Waals surface area contributed by atoms with Gasteiger partial charge in [-0.25, -0.2) is 9.37 Å². The van der Waals surface area contributed by atoms with Gasteiger partial charge in [-0.05, 0) is 49.4 Å². The summed E-state index contributed by atoms with van der Waals surface area (Å²) in [6, 6.07) is 9.60. The molecule has 4 heterocycles. The van der Waals surface area contributed by atoms with E-state index in [2.05, 4.69) is 52.1 Å². The van der Waals surface area contributed by atoms with E-state index in [9.17, 15) is 4.39 Å². The molecule has 0 aliphatic carbocycles. The summed E-state index contributed by atoms with van der Waals surface area (Å²) < 4.78 is 25.2. The molecule has 0 saturated carbocycles. The number of nitrogens with zero attached hydrogens (tertiary/aromatic N) is 4. The number of ether oxygens (including phenoxy) is 1. The molecule has 1 N–H and O–H groups in total. The Labute approximate surface area is 206 Å². The van der Waals surface area contributed by atoms with Crippen molar-refractivity contribution >= 4 is 16.8 Å². The first-order valence-corrected chi connectivity index (χ1v) is 12.8. The van der Waals surface area contributed by atoms with Gasteiger partial charge in [0.05, 0.1) is 12.0 Å². The van der Waals surface area contributed by atoms with Crippen LogP contribution >= 0.6 is 0 Å². The summed E-state index contributed by atoms with van der Waals surface area (Å²) in [5.41, 5.74) is 1.80. The molecule has 35 heavy (non-hydrogen) atoms. The molecule has 5 rings (SSSR count). The summed E-state index contributed by atoms with van der Waals surface area (Å²) in [7, 11) is 0. The lowest BCUT2D eigenvalue weighted by atomic mass is 9.91. The third-order valence-electron chi connectivity index (χ3n) is 7.61. The van der Waals surface area contributed by atoms with Crippen LogP contribution in [0, 0.1) is 17.7 Å². The van der Waals surface area contributed by atoms with Gasteiger partial charge in [0.15, 0.2) is 11.4 Å². The van der Waals surface area contributed by atoms with Gasteiger partial charge in [-0.3, -0.25) is 4.90 Å². The van der Waals surface area contributed by atoms with E-state index in [-0.39, 0.29) is 5.82 Å². The Kier molecular flexibility index (Phi) is 7.20. The molecular weight excluding hydrogens is 445 g/mol. The summed E-state index contributed by atoms with van der Waals surface area (Å²) in [4.78, 5) is 9.32. The van der Waals surface area contributed by atoms with E-state index in [1.165, 1.54) is 17.7 Å². The van der Waals surface area contributed by atoms with Crippen molar-refractivity contribution in [1.82, 2.24) is 20.4 Å². The van der Waals surface area contributed by atoms with Gasteiger partial charge in [-0.2, -0.15) is 0 Å². The number of piperazine rings is 1. The molecule has 3 atom stereocenters. The molecule has 3 aromatic rings. The zero-order chi connectivity index (χ0) is 24.4. The van der Waals surface area contributed by atoms with E-state index in [1.54, 1.807) is 6.07 Å². The molecule has 0 bridgehead atoms. The monoisotopic (exact) mass is 481 g/mol. The lowest BCUT2D eigenvalue weighted by Crippen LogP contribution is -2.57. The highest BCUT2D eigenvalue weighted by Gasteiger charge is 2.34. The summed E-state index contributed by atoms with van der Waals surface area (Å²) in [5, 5.41) is 8.53. The topological polar surface area (TPSA) is 66.7 Å². The van der Waals surface area contributed by atoms with Gasteiger partial charge < -0.3 is 19.5 Å². The van der Waals surface area contributed by atoms with Gasteiger partial charge in [0.1, 0.15) is 5.82 Å². The highest BCUT2D eigenvalue weighted by Crippen LogP contribution is 2.31. The van der Waals surface area contributed by atoms with E-state index in [4.69, 9.17) is 9.26 Å². The molecule has 2 fully saturated rings. The minimum Gasteiger partial charge on any atom is -0.477 e. The van der Waals surface area contributed by atoms with Gasteiger partial charge in [0.25, 0.3) is 0 Å². The highest BCUT2D eigenvalue weighted by molar-refractivity contribution is 5.88. The summed E-state index contributed by atoms with van der Waals surface area (Å²) in [6.07, 6.45) is 4.14. The number of benzene rings is 1. The van der Waals surface area contributed by atoms with E-state index in [1.807, 2.05) is 12.3 Å². The third-order valence-corrected chi connectivity index (χ3v) is 7.61. The standard InChI is InChI=1S/C27H36FN5O2/c1-18(2)19(3)29-13-20-5-9-26(30-14-20)34-17-21-4-7-23-16-33(11-10-32(23)15-21)27-24-12-22(28)6-8-25(24)35-31-27/h5-6,8-9,12,14,18-19,21,23,29H,4,7,10-11,13,15-17H2,1-3H3/t19?,21-,23-/m1/s1. The molecule has 2 saturated heterocycles. The molecule has 8 heteroatoms. The van der Waals surface area contributed by atoms with Crippen LogP contribution in [0.1, 0.15) is 39.2 Å². The van der Waals surface area contributed by atoms with Crippen molar-refractivity contribution < 1.29 is 13.7 Å². The minimum atomic E-state index is -0.261. The first-order valence-electron chi connectivity index (χ1n) is 12.8. The molecule has 0 spiro atoms. The summed E-state index contributed by atoms with van der Waals surface area (Å²) >= 11 is 0. The maximum Gasteiger partial charge on any atom is 0.213 e. The smallest absolute Gasteiger partial charge is 0.213 e. The number of nitrogens with one attached hydrogen (secondary N) is 1. The van der Waals surface area contributed by atoms with E-state index in [0.717, 1.165) is 56.8 Å². The molecule has 2 aliphatic rings. The van der Waals surface area contributed by atoms with Crippen LogP contribution in [0.15, 0.2) is 41.1 Å². The van der Waals surface area contributed by atoms with Crippen LogP contribution in [0.3, 0.4) is 0 Å². The number of pyridine rings is 1. The Morgan fingerprint density at radius 2 is 2.03 bits per heavy atom. The maximum absolute atomic E-state index is 13.8. The van der Waals surface area contributed by atoms with Crippen molar-refractivity contribution in [1.29, 1.82) is 0 Å². The zero-order valence-corrected chi connectivity index (χ0v) is 20.9. The van der Waals surface area contributed by atoms with Crippen LogP contribution in [0.5, 0.6) is 5.88 Å². The Balaban J connectivity index is 1.10. The molecular formula is C27H36FN5O2. The molecule has 1 aromatic carbocycles. The Bertz CT molecular complexity index is 1120. The van der Waals surface area contributed by atoms with Crippen molar-refractivity contribution in [3.05, 3.63) is 47.9 Å². The van der Waals surface area contributed by atoms with E-state index in [0.29, 0.717) is 42.0 Å². The van der Waals surface area contributed by atoms with Gasteiger partial charge in [-0.15, -0.1) is 0 Å². The van der Waals surface area contributed by atoms with Gasteiger partial charge in [-0.1, -0.05) is 25.1 Å². The van der Waals surface area contributed by atoms with Crippen LogP contribution in [-0.4, -0.2) is 59.9 Å². The Hall–Kier alpha value is -2.71. The largest absolute Gasteiger partial charge is 0.477 e. The second kappa shape index (κ2) is 10.5. The number of anilines is 1. The average Bonchev–Trinajstić information content (AvgIpc) is 3.29. The molecule has 2 aliphatic heterocycles. The maximum atomic E-state index is 13.8. The van der Waals surface area contributed by atoms with Gasteiger partial charge >= 0.3 is 0 Å². The van der Waals surface area contributed by atoms with Crippen LogP contribution < -0.4 is 15.0 Å². The fourth-order valence-corrected chi connectivity index (χ4v) is 5.03. The lowest BCUT2D eigenvalue weighted by molar-refractivity contribution is 0.0717. The second-order valence-corrected chi connectivity index (χ2v) is 10.4. The number of aromatic nitrogens is 2. The van der Waals surface area contributed by atoms with E-state index >= 15 is 0 Å². The normalized spacial score (nSPS) is 21.9. The second-order valence-electron chi connectivity index (χ2n) is 10.4. The lowest BCUT2D eigenvalue weighted by Gasteiger charge is -2.46. The van der Waals surface area contributed by atoms with Crippen LogP contribution in [-0.2, 0) is 6.54 Å². The zero-order valence-electron chi connectivity index (χ0n) is 20.9. The number of fused-ring (bicyclic) bond motifs is 2.